The molecule has 3 aromatic rings. The van der Waals surface area contributed by atoms with Gasteiger partial charge in [0, 0.05) is 13.6 Å². The van der Waals surface area contributed by atoms with Crippen molar-refractivity contribution in [1.29, 1.82) is 5.41 Å². The van der Waals surface area contributed by atoms with Crippen molar-refractivity contribution < 1.29 is 4.79 Å². The van der Waals surface area contributed by atoms with E-state index < -0.39 is 7.26 Å². The minimum atomic E-state index is -1.78. The van der Waals surface area contributed by atoms with Gasteiger partial charge in [0.1, 0.15) is 23.2 Å². The summed E-state index contributed by atoms with van der Waals surface area (Å²) in [5, 5.41) is 14.5. The standard InChI is InChI=1S/C27H33N4OP/c1-31(27(28)29)22-26(32)30-20-12-5-13-21-33(23-14-6-2-7-15-23,24-16-8-3-9-17-24)25-18-10-4-11-19-25/h2-4,6-11,14-19H,5,12-13,20-22H2,1H3,(H3-,28,29,30,32)/p+1. The molecule has 4 N–H and O–H groups in total. The number of benzene rings is 3. The third kappa shape index (κ3) is 6.43. The quantitative estimate of drug-likeness (QED) is 0.178. The lowest BCUT2D eigenvalue weighted by Crippen LogP contribution is -2.41. The summed E-state index contributed by atoms with van der Waals surface area (Å²) in [6, 6.07) is 32.8. The molecule has 6 heteroatoms. The average molecular weight is 462 g/mol. The average Bonchev–Trinajstić information content (AvgIpc) is 2.85. The number of nitrogens with two attached hydrogens (primary N) is 1. The summed E-state index contributed by atoms with van der Waals surface area (Å²) >= 11 is 0. The van der Waals surface area contributed by atoms with Crippen LogP contribution >= 0.6 is 7.26 Å². The zero-order chi connectivity index (χ0) is 23.5. The Balaban J connectivity index is 1.71. The summed E-state index contributed by atoms with van der Waals surface area (Å²) in [5.74, 6) is -0.208. The molecule has 0 aromatic heterocycles. The molecule has 0 aliphatic heterocycles. The summed E-state index contributed by atoms with van der Waals surface area (Å²) in [6.07, 6.45) is 4.13. The summed E-state index contributed by atoms with van der Waals surface area (Å²) < 4.78 is 0. The molecule has 3 aromatic carbocycles. The number of carbonyl (C=O) groups excluding carboxylic acids is 1. The molecule has 0 saturated carbocycles. The van der Waals surface area contributed by atoms with Crippen LogP contribution in [0.25, 0.3) is 0 Å². The summed E-state index contributed by atoms with van der Waals surface area (Å²) in [6.45, 7) is 0.748. The monoisotopic (exact) mass is 461 g/mol. The molecule has 0 bridgehead atoms. The first-order chi connectivity index (χ1) is 16.0. The highest BCUT2D eigenvalue weighted by molar-refractivity contribution is 7.95. The highest BCUT2D eigenvalue weighted by atomic mass is 31.2. The Morgan fingerprint density at radius 2 is 1.27 bits per heavy atom. The second kappa shape index (κ2) is 12.2. The fraction of sp³-hybridized carbons (Fsp3) is 0.259. The maximum absolute atomic E-state index is 12.0. The van der Waals surface area contributed by atoms with Crippen molar-refractivity contribution in [2.45, 2.75) is 19.3 Å². The van der Waals surface area contributed by atoms with Crippen LogP contribution in [0.3, 0.4) is 0 Å². The van der Waals surface area contributed by atoms with Gasteiger partial charge < -0.3 is 16.0 Å². The molecule has 0 spiro atoms. The van der Waals surface area contributed by atoms with Gasteiger partial charge in [-0.15, -0.1) is 0 Å². The van der Waals surface area contributed by atoms with Crippen molar-refractivity contribution in [3.63, 3.8) is 0 Å². The van der Waals surface area contributed by atoms with Gasteiger partial charge in [0.25, 0.3) is 0 Å². The molecule has 0 saturated heterocycles. The van der Waals surface area contributed by atoms with Crippen LogP contribution in [0.4, 0.5) is 0 Å². The Morgan fingerprint density at radius 3 is 1.70 bits per heavy atom. The molecule has 0 unspecified atom stereocenters. The molecule has 33 heavy (non-hydrogen) atoms. The third-order valence-electron chi connectivity index (χ3n) is 5.88. The van der Waals surface area contributed by atoms with E-state index in [1.165, 1.54) is 20.8 Å². The van der Waals surface area contributed by atoms with Crippen LogP contribution in [-0.2, 0) is 4.79 Å². The van der Waals surface area contributed by atoms with E-state index in [-0.39, 0.29) is 18.4 Å². The molecule has 0 atom stereocenters. The van der Waals surface area contributed by atoms with Crippen LogP contribution < -0.4 is 27.0 Å². The first-order valence-corrected chi connectivity index (χ1v) is 13.4. The largest absolute Gasteiger partial charge is 0.370 e. The smallest absolute Gasteiger partial charge is 0.239 e. The second-order valence-electron chi connectivity index (χ2n) is 8.19. The minimum absolute atomic E-state index is 0.104. The number of guanidine groups is 1. The van der Waals surface area contributed by atoms with Gasteiger partial charge in [-0.05, 0) is 55.7 Å². The first kappa shape index (κ1) is 24.5. The van der Waals surface area contributed by atoms with Gasteiger partial charge in [-0.1, -0.05) is 54.6 Å². The highest BCUT2D eigenvalue weighted by Gasteiger charge is 2.44. The van der Waals surface area contributed by atoms with Crippen molar-refractivity contribution in [3.8, 4) is 0 Å². The normalized spacial score (nSPS) is 11.1. The van der Waals surface area contributed by atoms with Gasteiger partial charge in [0.05, 0.1) is 12.7 Å². The van der Waals surface area contributed by atoms with Gasteiger partial charge in [0.2, 0.25) is 5.91 Å². The maximum atomic E-state index is 12.0. The predicted molar refractivity (Wildman–Crippen MR) is 141 cm³/mol. The molecule has 0 aliphatic carbocycles. The predicted octanol–water partition coefficient (Wildman–Crippen LogP) is 3.09. The van der Waals surface area contributed by atoms with Crippen molar-refractivity contribution in [1.82, 2.24) is 10.2 Å². The van der Waals surface area contributed by atoms with E-state index in [0.29, 0.717) is 6.54 Å². The lowest BCUT2D eigenvalue weighted by molar-refractivity contribution is -0.121. The highest BCUT2D eigenvalue weighted by Crippen LogP contribution is 2.55. The number of likely N-dealkylation sites (N-methyl/N-ethyl adjacent to an activating group) is 1. The topological polar surface area (TPSA) is 82.2 Å². The molecule has 0 fully saturated rings. The summed E-state index contributed by atoms with van der Waals surface area (Å²) in [4.78, 5) is 13.4. The zero-order valence-electron chi connectivity index (χ0n) is 19.3. The van der Waals surface area contributed by atoms with E-state index in [0.717, 1.165) is 25.4 Å². The van der Waals surface area contributed by atoms with Gasteiger partial charge in [-0.25, -0.2) is 0 Å². The lowest BCUT2D eigenvalue weighted by atomic mass is 10.2. The Hall–Kier alpha value is -3.17. The summed E-state index contributed by atoms with van der Waals surface area (Å²) in [7, 11) is -0.142. The number of nitrogens with zero attached hydrogens (tertiary/aromatic N) is 1. The van der Waals surface area contributed by atoms with Crippen LogP contribution in [-0.4, -0.2) is 43.1 Å². The molecule has 3 rings (SSSR count). The summed E-state index contributed by atoms with van der Waals surface area (Å²) in [5.41, 5.74) is 5.40. The van der Waals surface area contributed by atoms with E-state index in [9.17, 15) is 4.79 Å². The molecule has 0 heterocycles. The van der Waals surface area contributed by atoms with Crippen molar-refractivity contribution in [2.24, 2.45) is 5.73 Å². The Morgan fingerprint density at radius 1 is 0.818 bits per heavy atom. The van der Waals surface area contributed by atoms with E-state index in [4.69, 9.17) is 11.1 Å². The SMILES string of the molecule is CN(CC(=O)NCCCCC[P+](c1ccccc1)(c1ccccc1)c1ccccc1)C(=N)N. The van der Waals surface area contributed by atoms with E-state index in [1.807, 2.05) is 0 Å². The Bertz CT molecular complexity index is 915. The molecule has 5 nitrogen and oxygen atoms in total. The van der Waals surface area contributed by atoms with Crippen molar-refractivity contribution in [3.05, 3.63) is 91.0 Å². The second-order valence-corrected chi connectivity index (χ2v) is 11.8. The van der Waals surface area contributed by atoms with Crippen LogP contribution in [0.5, 0.6) is 0 Å². The van der Waals surface area contributed by atoms with E-state index >= 15 is 0 Å². The van der Waals surface area contributed by atoms with Gasteiger partial charge >= 0.3 is 0 Å². The van der Waals surface area contributed by atoms with Crippen LogP contribution in [0.1, 0.15) is 19.3 Å². The number of carbonyl (C=O) groups is 1. The van der Waals surface area contributed by atoms with Crippen LogP contribution in [0, 0.1) is 5.41 Å². The van der Waals surface area contributed by atoms with Gasteiger partial charge in [-0.3, -0.25) is 10.2 Å². The van der Waals surface area contributed by atoms with Crippen LogP contribution in [0.15, 0.2) is 91.0 Å². The number of hydrogen-bond donors (Lipinski definition) is 3. The molecular formula is C27H34N4OP+. The van der Waals surface area contributed by atoms with Gasteiger partial charge in [-0.2, -0.15) is 0 Å². The molecular weight excluding hydrogens is 427 g/mol. The number of nitrogens with one attached hydrogen (secondary N) is 2. The molecule has 0 radical (unpaired) electrons. The first-order valence-electron chi connectivity index (χ1n) is 11.4. The Kier molecular flexibility index (Phi) is 9.03. The van der Waals surface area contributed by atoms with E-state index in [2.05, 4.69) is 96.3 Å². The number of hydrogen-bond acceptors (Lipinski definition) is 2. The molecule has 1 amide bonds. The zero-order valence-corrected chi connectivity index (χ0v) is 20.2. The number of amides is 1. The van der Waals surface area contributed by atoms with Crippen molar-refractivity contribution in [2.75, 3.05) is 26.3 Å². The van der Waals surface area contributed by atoms with Crippen LogP contribution in [0.2, 0.25) is 0 Å². The Labute approximate surface area is 197 Å². The third-order valence-corrected chi connectivity index (χ3v) is 10.4. The van der Waals surface area contributed by atoms with Gasteiger partial charge in [0.15, 0.2) is 5.96 Å². The number of unbranched alkanes of at least 4 members (excludes halogenated alkanes) is 2. The van der Waals surface area contributed by atoms with Crippen molar-refractivity contribution >= 4 is 35.0 Å². The fourth-order valence-corrected chi connectivity index (χ4v) is 8.53. The minimum Gasteiger partial charge on any atom is -0.370 e. The van der Waals surface area contributed by atoms with E-state index in [1.54, 1.807) is 7.05 Å². The molecule has 172 valence electrons. The molecule has 0 aliphatic rings. The lowest BCUT2D eigenvalue weighted by Gasteiger charge is -2.27. The maximum Gasteiger partial charge on any atom is 0.239 e. The fourth-order valence-electron chi connectivity index (χ4n) is 4.12. The number of rotatable bonds is 11.